The summed E-state index contributed by atoms with van der Waals surface area (Å²) in [6, 6.07) is 4.17. The monoisotopic (exact) mass is 237 g/mol. The molecule has 0 aromatic carbocycles. The van der Waals surface area contributed by atoms with Gasteiger partial charge in [-0.25, -0.2) is 0 Å². The molecule has 1 aliphatic rings. The topological polar surface area (TPSA) is 43.2 Å². The molecule has 0 aliphatic carbocycles. The SMILES string of the molecule is c1cc(C[NH2+]CCC[NH+]2CCOCC2)ccn1. The third-order valence-electron chi connectivity index (χ3n) is 3.27. The Balaban J connectivity index is 1.51. The van der Waals surface area contributed by atoms with Crippen LogP contribution in [-0.2, 0) is 11.3 Å². The van der Waals surface area contributed by atoms with Crippen LogP contribution < -0.4 is 10.2 Å². The minimum absolute atomic E-state index is 0.941. The number of hydrogen-bond donors (Lipinski definition) is 2. The van der Waals surface area contributed by atoms with Gasteiger partial charge < -0.3 is 15.0 Å². The Kier molecular flexibility index (Phi) is 5.42. The van der Waals surface area contributed by atoms with Gasteiger partial charge in [-0.05, 0) is 12.1 Å². The van der Waals surface area contributed by atoms with Gasteiger partial charge in [0, 0.05) is 24.4 Å². The molecular formula is C13H23N3O+2. The number of nitrogens with one attached hydrogen (secondary N) is 1. The van der Waals surface area contributed by atoms with Crippen LogP contribution in [0.5, 0.6) is 0 Å². The number of hydrogen-bond acceptors (Lipinski definition) is 2. The molecule has 2 rings (SSSR count). The van der Waals surface area contributed by atoms with Crippen molar-refractivity contribution >= 4 is 0 Å². The van der Waals surface area contributed by atoms with E-state index < -0.39 is 0 Å². The van der Waals surface area contributed by atoms with E-state index in [1.165, 1.54) is 38.2 Å². The van der Waals surface area contributed by atoms with Crippen molar-refractivity contribution < 1.29 is 15.0 Å². The van der Waals surface area contributed by atoms with Crippen molar-refractivity contribution in [3.8, 4) is 0 Å². The van der Waals surface area contributed by atoms with Gasteiger partial charge in [-0.15, -0.1) is 0 Å². The quantitative estimate of drug-likeness (QED) is 0.588. The molecule has 1 aromatic rings. The lowest BCUT2D eigenvalue weighted by atomic mass is 10.2. The van der Waals surface area contributed by atoms with Crippen LogP contribution in [0.15, 0.2) is 24.5 Å². The lowest BCUT2D eigenvalue weighted by molar-refractivity contribution is -0.909. The van der Waals surface area contributed by atoms with Gasteiger partial charge in [0.15, 0.2) is 0 Å². The van der Waals surface area contributed by atoms with Crippen LogP contribution >= 0.6 is 0 Å². The van der Waals surface area contributed by atoms with E-state index in [2.05, 4.69) is 22.4 Å². The minimum Gasteiger partial charge on any atom is -0.370 e. The van der Waals surface area contributed by atoms with Crippen LogP contribution in [0.4, 0.5) is 0 Å². The van der Waals surface area contributed by atoms with Gasteiger partial charge in [-0.1, -0.05) is 0 Å². The number of rotatable bonds is 6. The van der Waals surface area contributed by atoms with Crippen molar-refractivity contribution in [3.05, 3.63) is 30.1 Å². The molecule has 0 unspecified atom stereocenters. The summed E-state index contributed by atoms with van der Waals surface area (Å²) in [6.45, 7) is 7.82. The third-order valence-corrected chi connectivity index (χ3v) is 3.27. The Hall–Kier alpha value is -0.970. The zero-order valence-corrected chi connectivity index (χ0v) is 10.4. The molecule has 1 aromatic heterocycles. The zero-order valence-electron chi connectivity index (χ0n) is 10.4. The molecular weight excluding hydrogens is 214 g/mol. The van der Waals surface area contributed by atoms with E-state index in [1.54, 1.807) is 4.90 Å². The van der Waals surface area contributed by atoms with Crippen LogP contribution in [-0.4, -0.2) is 44.4 Å². The molecule has 4 heteroatoms. The predicted molar refractivity (Wildman–Crippen MR) is 65.7 cm³/mol. The maximum atomic E-state index is 5.35. The van der Waals surface area contributed by atoms with Crippen molar-refractivity contribution in [1.29, 1.82) is 0 Å². The standard InChI is InChI=1S/C13H21N3O/c1(7-16-8-10-17-11-9-16)4-15-12-13-2-5-14-6-3-13/h2-3,5-6,15H,1,4,7-12H2/p+2. The first-order valence-electron chi connectivity index (χ1n) is 6.57. The summed E-state index contributed by atoms with van der Waals surface area (Å²) in [4.78, 5) is 5.72. The normalized spacial score (nSPS) is 17.2. The fourth-order valence-electron chi connectivity index (χ4n) is 2.19. The molecule has 1 aliphatic heterocycles. The summed E-state index contributed by atoms with van der Waals surface area (Å²) in [7, 11) is 0. The average Bonchev–Trinajstić information content (AvgIpc) is 2.41. The summed E-state index contributed by atoms with van der Waals surface area (Å²) in [6.07, 6.45) is 5.02. The fourth-order valence-corrected chi connectivity index (χ4v) is 2.19. The van der Waals surface area contributed by atoms with Gasteiger partial charge in [0.1, 0.15) is 19.6 Å². The van der Waals surface area contributed by atoms with Gasteiger partial charge in [0.2, 0.25) is 0 Å². The molecule has 3 N–H and O–H groups in total. The molecule has 0 spiro atoms. The second-order valence-electron chi connectivity index (χ2n) is 4.60. The lowest BCUT2D eigenvalue weighted by Gasteiger charge is -2.23. The van der Waals surface area contributed by atoms with Gasteiger partial charge in [0.25, 0.3) is 0 Å². The molecule has 4 nitrogen and oxygen atoms in total. The molecule has 0 atom stereocenters. The fraction of sp³-hybridized carbons (Fsp3) is 0.615. The largest absolute Gasteiger partial charge is 0.370 e. The maximum absolute atomic E-state index is 5.35. The van der Waals surface area contributed by atoms with E-state index in [0.29, 0.717) is 0 Å². The Morgan fingerprint density at radius 2 is 2.00 bits per heavy atom. The van der Waals surface area contributed by atoms with Gasteiger partial charge in [-0.3, -0.25) is 4.98 Å². The number of quaternary nitrogens is 2. The number of nitrogens with two attached hydrogens (primary N) is 1. The van der Waals surface area contributed by atoms with E-state index in [0.717, 1.165) is 19.8 Å². The minimum atomic E-state index is 0.941. The van der Waals surface area contributed by atoms with Crippen LogP contribution in [0.1, 0.15) is 12.0 Å². The van der Waals surface area contributed by atoms with Gasteiger partial charge in [-0.2, -0.15) is 0 Å². The molecule has 94 valence electrons. The summed E-state index contributed by atoms with van der Waals surface area (Å²) >= 11 is 0. The number of nitrogens with zero attached hydrogens (tertiary/aromatic N) is 1. The van der Waals surface area contributed by atoms with Crippen LogP contribution in [0, 0.1) is 0 Å². The van der Waals surface area contributed by atoms with E-state index in [4.69, 9.17) is 4.74 Å². The summed E-state index contributed by atoms with van der Waals surface area (Å²) in [5.74, 6) is 0. The third kappa shape index (κ3) is 4.81. The van der Waals surface area contributed by atoms with Crippen molar-refractivity contribution in [2.24, 2.45) is 0 Å². The van der Waals surface area contributed by atoms with Gasteiger partial charge in [0.05, 0.1) is 26.3 Å². The van der Waals surface area contributed by atoms with Crippen LogP contribution in [0.3, 0.4) is 0 Å². The smallest absolute Gasteiger partial charge is 0.101 e. The number of morpholine rings is 1. The second-order valence-corrected chi connectivity index (χ2v) is 4.60. The molecule has 17 heavy (non-hydrogen) atoms. The summed E-state index contributed by atoms with van der Waals surface area (Å²) in [5.41, 5.74) is 1.36. The first-order chi connectivity index (χ1) is 8.45. The Labute approximate surface area is 103 Å². The first-order valence-corrected chi connectivity index (χ1v) is 6.57. The first kappa shape index (κ1) is 12.5. The van der Waals surface area contributed by atoms with Crippen LogP contribution in [0.25, 0.3) is 0 Å². The highest BCUT2D eigenvalue weighted by Crippen LogP contribution is 1.91. The zero-order chi connectivity index (χ0) is 11.8. The van der Waals surface area contributed by atoms with E-state index in [9.17, 15) is 0 Å². The summed E-state index contributed by atoms with van der Waals surface area (Å²) in [5, 5.41) is 2.38. The Bertz CT molecular complexity index is 299. The second kappa shape index (κ2) is 7.37. The van der Waals surface area contributed by atoms with Crippen LogP contribution in [0.2, 0.25) is 0 Å². The van der Waals surface area contributed by atoms with Crippen molar-refractivity contribution in [2.45, 2.75) is 13.0 Å². The highest BCUT2D eigenvalue weighted by atomic mass is 16.5. The predicted octanol–water partition coefficient (Wildman–Crippen LogP) is -1.55. The molecule has 1 fully saturated rings. The molecule has 0 amide bonds. The van der Waals surface area contributed by atoms with E-state index in [1.807, 2.05) is 12.4 Å². The number of aromatic nitrogens is 1. The molecule has 0 radical (unpaired) electrons. The Morgan fingerprint density at radius 1 is 1.24 bits per heavy atom. The Morgan fingerprint density at radius 3 is 2.76 bits per heavy atom. The number of pyridine rings is 1. The molecule has 0 saturated carbocycles. The highest BCUT2D eigenvalue weighted by Gasteiger charge is 2.12. The number of ether oxygens (including phenoxy) is 1. The van der Waals surface area contributed by atoms with E-state index in [-0.39, 0.29) is 0 Å². The van der Waals surface area contributed by atoms with Crippen molar-refractivity contribution in [1.82, 2.24) is 4.98 Å². The maximum Gasteiger partial charge on any atom is 0.101 e. The molecule has 2 heterocycles. The highest BCUT2D eigenvalue weighted by molar-refractivity contribution is 5.07. The molecule has 0 bridgehead atoms. The summed E-state index contributed by atoms with van der Waals surface area (Å²) < 4.78 is 5.35. The lowest BCUT2D eigenvalue weighted by Crippen LogP contribution is -3.14. The van der Waals surface area contributed by atoms with Gasteiger partial charge >= 0.3 is 0 Å². The average molecular weight is 237 g/mol. The van der Waals surface area contributed by atoms with Crippen molar-refractivity contribution in [2.75, 3.05) is 39.4 Å². The van der Waals surface area contributed by atoms with Crippen molar-refractivity contribution in [3.63, 3.8) is 0 Å². The van der Waals surface area contributed by atoms with E-state index >= 15 is 0 Å². The molecule has 1 saturated heterocycles.